The summed E-state index contributed by atoms with van der Waals surface area (Å²) in [4.78, 5) is 35.5. The number of likely N-dealkylation sites (N-methyl/N-ethyl adjacent to an activating group) is 1. The maximum absolute atomic E-state index is 12.7. The van der Waals surface area contributed by atoms with Crippen LogP contribution in [0.1, 0.15) is 251 Å². The second-order valence-corrected chi connectivity index (χ2v) is 21.8. The zero-order chi connectivity index (χ0) is 50.6. The van der Waals surface area contributed by atoms with Gasteiger partial charge in [-0.3, -0.25) is 18.6 Å². The first-order chi connectivity index (χ1) is 33.5. The Labute approximate surface area is 426 Å². The molecule has 0 aliphatic heterocycles. The van der Waals surface area contributed by atoms with Crippen molar-refractivity contribution in [3.8, 4) is 0 Å². The number of hydrogen-bond acceptors (Lipinski definition) is 7. The quantitative estimate of drug-likeness (QED) is 0.0211. The van der Waals surface area contributed by atoms with Gasteiger partial charge < -0.3 is 18.9 Å². The molecule has 0 rings (SSSR count). The van der Waals surface area contributed by atoms with Crippen LogP contribution in [-0.2, 0) is 32.7 Å². The van der Waals surface area contributed by atoms with Crippen LogP contribution in [0.3, 0.4) is 0 Å². The molecule has 0 bridgehead atoms. The molecule has 1 N–H and O–H groups in total. The van der Waals surface area contributed by atoms with Crippen molar-refractivity contribution in [2.75, 3.05) is 47.5 Å². The second-order valence-electron chi connectivity index (χ2n) is 20.3. The van der Waals surface area contributed by atoms with Crippen molar-refractivity contribution < 1.29 is 42.1 Å². The van der Waals surface area contributed by atoms with Crippen LogP contribution in [0, 0.1) is 0 Å². The van der Waals surface area contributed by atoms with Gasteiger partial charge in [-0.2, -0.15) is 0 Å². The lowest BCUT2D eigenvalue weighted by atomic mass is 10.0. The number of phosphoric acid groups is 1. The third kappa shape index (κ3) is 54.9. The second kappa shape index (κ2) is 50.6. The van der Waals surface area contributed by atoms with Gasteiger partial charge in [-0.15, -0.1) is 0 Å². The molecule has 69 heavy (non-hydrogen) atoms. The number of carbonyl (C=O) groups is 2. The highest BCUT2D eigenvalue weighted by Gasteiger charge is 2.27. The van der Waals surface area contributed by atoms with Crippen LogP contribution in [0.4, 0.5) is 0 Å². The third-order valence-corrected chi connectivity index (χ3v) is 13.3. The number of carbonyl (C=O) groups excluding carboxylic acids is 2. The smallest absolute Gasteiger partial charge is 0.462 e. The van der Waals surface area contributed by atoms with E-state index in [1.54, 1.807) is 6.08 Å². The van der Waals surface area contributed by atoms with Crippen LogP contribution in [0.15, 0.2) is 60.8 Å². The summed E-state index contributed by atoms with van der Waals surface area (Å²) in [5, 5.41) is 0. The number of unbranched alkanes of at least 4 members (excludes halogenated alkanes) is 29. The number of rotatable bonds is 52. The van der Waals surface area contributed by atoms with E-state index >= 15 is 0 Å². The van der Waals surface area contributed by atoms with E-state index in [9.17, 15) is 19.0 Å². The number of nitrogens with zero attached hydrogens (tertiary/aromatic N) is 1. The summed E-state index contributed by atoms with van der Waals surface area (Å²) >= 11 is 0. The monoisotopic (exact) mass is 991 g/mol. The molecule has 0 heterocycles. The number of phosphoric ester groups is 1. The molecular weight excluding hydrogens is 882 g/mol. The molecule has 2 atom stereocenters. The Morgan fingerprint density at radius 2 is 0.812 bits per heavy atom. The number of ether oxygens (including phenoxy) is 2. The van der Waals surface area contributed by atoms with Gasteiger partial charge in [0.1, 0.15) is 19.8 Å². The van der Waals surface area contributed by atoms with Crippen molar-refractivity contribution >= 4 is 19.8 Å². The van der Waals surface area contributed by atoms with E-state index in [1.165, 1.54) is 173 Å². The predicted molar refractivity (Wildman–Crippen MR) is 293 cm³/mol. The molecule has 0 aromatic heterocycles. The fraction of sp³-hybridized carbons (Fsp3) is 0.797. The molecule has 0 radical (unpaired) electrons. The predicted octanol–water partition coefficient (Wildman–Crippen LogP) is 17.5. The van der Waals surface area contributed by atoms with Gasteiger partial charge in [0.2, 0.25) is 0 Å². The van der Waals surface area contributed by atoms with Gasteiger partial charge >= 0.3 is 19.8 Å². The van der Waals surface area contributed by atoms with Crippen molar-refractivity contribution in [2.24, 2.45) is 0 Å². The minimum absolute atomic E-state index is 0.00836. The molecule has 0 aliphatic rings. The maximum atomic E-state index is 12.7. The van der Waals surface area contributed by atoms with Crippen molar-refractivity contribution in [1.29, 1.82) is 0 Å². The van der Waals surface area contributed by atoms with Gasteiger partial charge in [-0.05, 0) is 38.5 Å². The lowest BCUT2D eigenvalue weighted by molar-refractivity contribution is -0.870. The molecule has 0 aliphatic carbocycles. The highest BCUT2D eigenvalue weighted by molar-refractivity contribution is 7.47. The first-order valence-electron chi connectivity index (χ1n) is 28.5. The average molecular weight is 991 g/mol. The van der Waals surface area contributed by atoms with Crippen LogP contribution in [0.2, 0.25) is 0 Å². The summed E-state index contributed by atoms with van der Waals surface area (Å²) in [6, 6.07) is 0. The fourth-order valence-electron chi connectivity index (χ4n) is 7.98. The fourth-order valence-corrected chi connectivity index (χ4v) is 8.72. The van der Waals surface area contributed by atoms with Crippen LogP contribution in [-0.4, -0.2) is 74.9 Å². The van der Waals surface area contributed by atoms with E-state index in [2.05, 4.69) is 56.4 Å². The summed E-state index contributed by atoms with van der Waals surface area (Å²) in [6.07, 6.45) is 64.9. The van der Waals surface area contributed by atoms with Crippen LogP contribution >= 0.6 is 7.82 Å². The first-order valence-corrected chi connectivity index (χ1v) is 30.0. The lowest BCUT2D eigenvalue weighted by Crippen LogP contribution is -2.37. The molecule has 0 saturated carbocycles. The van der Waals surface area contributed by atoms with E-state index in [4.69, 9.17) is 18.5 Å². The average Bonchev–Trinajstić information content (AvgIpc) is 3.31. The maximum Gasteiger partial charge on any atom is 0.472 e. The van der Waals surface area contributed by atoms with Gasteiger partial charge in [0.05, 0.1) is 34.2 Å². The van der Waals surface area contributed by atoms with Gasteiger partial charge in [-0.1, -0.05) is 261 Å². The van der Waals surface area contributed by atoms with Gasteiger partial charge in [0.15, 0.2) is 6.10 Å². The molecule has 402 valence electrons. The van der Waals surface area contributed by atoms with Crippen LogP contribution < -0.4 is 0 Å². The summed E-state index contributed by atoms with van der Waals surface area (Å²) < 4.78 is 34.3. The number of allylic oxidation sites excluding steroid dienone is 9. The highest BCUT2D eigenvalue weighted by Crippen LogP contribution is 2.43. The first kappa shape index (κ1) is 66.7. The zero-order valence-corrected chi connectivity index (χ0v) is 46.4. The van der Waals surface area contributed by atoms with Crippen molar-refractivity contribution in [3.63, 3.8) is 0 Å². The van der Waals surface area contributed by atoms with E-state index in [1.807, 2.05) is 33.3 Å². The van der Waals surface area contributed by atoms with Gasteiger partial charge in [-0.25, -0.2) is 4.57 Å². The lowest BCUT2D eigenvalue weighted by Gasteiger charge is -2.24. The van der Waals surface area contributed by atoms with E-state index in [0.717, 1.165) is 44.9 Å². The Hall–Kier alpha value is -2.29. The van der Waals surface area contributed by atoms with Crippen LogP contribution in [0.5, 0.6) is 0 Å². The van der Waals surface area contributed by atoms with E-state index in [0.29, 0.717) is 17.4 Å². The molecule has 9 nitrogen and oxygen atoms in total. The number of hydrogen-bond donors (Lipinski definition) is 1. The largest absolute Gasteiger partial charge is 0.472 e. The van der Waals surface area contributed by atoms with E-state index < -0.39 is 26.5 Å². The van der Waals surface area contributed by atoms with Gasteiger partial charge in [0, 0.05) is 6.42 Å². The topological polar surface area (TPSA) is 108 Å². The van der Waals surface area contributed by atoms with Crippen molar-refractivity contribution in [3.05, 3.63) is 60.8 Å². The molecule has 0 fully saturated rings. The summed E-state index contributed by atoms with van der Waals surface area (Å²) in [6.45, 7) is 4.23. The molecule has 0 aromatic rings. The molecule has 10 heteroatoms. The van der Waals surface area contributed by atoms with Crippen LogP contribution in [0.25, 0.3) is 0 Å². The Morgan fingerprint density at radius 3 is 1.17 bits per heavy atom. The number of esters is 2. The third-order valence-electron chi connectivity index (χ3n) is 12.3. The normalized spacial score (nSPS) is 13.8. The standard InChI is InChI=1S/C59H108NO8P/c1-6-8-10-12-14-16-18-20-22-23-24-25-26-27-28-29-30-31-32-33-34-35-36-38-39-41-43-45-47-49-51-58(61)65-55-57(56-67-69(63,64)66-54-53-60(3,4)5)68-59(62)52-50-48-46-44-42-40-37-21-19-17-15-13-11-9-7-2/h9,11,15,17,21,37,42,44,48,50,57H,6-8,10,12-14,16,18-20,22-36,38-41,43,45-47,49,51-56H2,1-5H3/p+1/b11-9-,17-15-,37-21-,44-42-,50-48-. The van der Waals surface area contributed by atoms with Crippen molar-refractivity contribution in [1.82, 2.24) is 0 Å². The van der Waals surface area contributed by atoms with E-state index in [-0.39, 0.29) is 32.0 Å². The SMILES string of the molecule is CC/C=C\C/C=C\C/C=C\C/C=C\C/C=C\CC(=O)OC(COC(=O)CCCCCCCCCCCCCCCCCCCCCCCCCCCCCCCC)COP(=O)(O)OCC[N+](C)(C)C. The molecule has 0 aromatic carbocycles. The highest BCUT2D eigenvalue weighted by atomic mass is 31.2. The summed E-state index contributed by atoms with van der Waals surface area (Å²) in [5.41, 5.74) is 0. The van der Waals surface area contributed by atoms with Crippen molar-refractivity contribution in [2.45, 2.75) is 258 Å². The van der Waals surface area contributed by atoms with Gasteiger partial charge in [0.25, 0.3) is 0 Å². The minimum Gasteiger partial charge on any atom is -0.462 e. The molecule has 0 saturated heterocycles. The number of quaternary nitrogens is 1. The Balaban J connectivity index is 4.09. The summed E-state index contributed by atoms with van der Waals surface area (Å²) in [7, 11) is 1.42. The molecule has 0 amide bonds. The molecule has 0 spiro atoms. The molecule has 2 unspecified atom stereocenters. The Kier molecular flexibility index (Phi) is 49.0. The Bertz CT molecular complexity index is 1350. The zero-order valence-electron chi connectivity index (χ0n) is 45.5. The molecular formula is C59H109NO8P+. The summed E-state index contributed by atoms with van der Waals surface area (Å²) in [5.74, 6) is -0.939. The minimum atomic E-state index is -4.41. The Morgan fingerprint density at radius 1 is 0.464 bits per heavy atom.